The van der Waals surface area contributed by atoms with Crippen LogP contribution >= 0.6 is 0 Å². The molecule has 27 heavy (non-hydrogen) atoms. The first-order valence-electron chi connectivity index (χ1n) is 9.89. The first-order valence-corrected chi connectivity index (χ1v) is 9.89. The number of amides is 1. The van der Waals surface area contributed by atoms with Crippen LogP contribution in [0.25, 0.3) is 0 Å². The standard InChI is InChI=1S/C21H27N3O3/c25-18-8-11-23(12-9-18)15-19-13-20(22-27-19)21(26)24-10-4-7-17(14-24)16-5-2-1-3-6-16/h1-3,5-6,13,17-18,25H,4,7-12,14-15H2. The molecule has 1 aromatic heterocycles. The topological polar surface area (TPSA) is 69.8 Å². The summed E-state index contributed by atoms with van der Waals surface area (Å²) in [6.07, 6.45) is 3.50. The van der Waals surface area contributed by atoms with Gasteiger partial charge in [0, 0.05) is 38.2 Å². The lowest BCUT2D eigenvalue weighted by Gasteiger charge is -2.32. The second-order valence-electron chi connectivity index (χ2n) is 7.69. The molecule has 144 valence electrons. The van der Waals surface area contributed by atoms with Gasteiger partial charge < -0.3 is 14.5 Å². The summed E-state index contributed by atoms with van der Waals surface area (Å²) in [5, 5.41) is 13.6. The summed E-state index contributed by atoms with van der Waals surface area (Å²) in [4.78, 5) is 17.0. The van der Waals surface area contributed by atoms with E-state index in [1.807, 2.05) is 11.0 Å². The number of nitrogens with zero attached hydrogens (tertiary/aromatic N) is 3. The number of carbonyl (C=O) groups is 1. The summed E-state index contributed by atoms with van der Waals surface area (Å²) in [6, 6.07) is 12.2. The molecule has 0 bridgehead atoms. The van der Waals surface area contributed by atoms with E-state index in [-0.39, 0.29) is 12.0 Å². The van der Waals surface area contributed by atoms with E-state index in [2.05, 4.69) is 34.3 Å². The summed E-state index contributed by atoms with van der Waals surface area (Å²) in [6.45, 7) is 3.83. The van der Waals surface area contributed by atoms with Crippen molar-refractivity contribution >= 4 is 5.91 Å². The van der Waals surface area contributed by atoms with Crippen molar-refractivity contribution in [2.24, 2.45) is 0 Å². The Morgan fingerprint density at radius 3 is 2.70 bits per heavy atom. The second-order valence-corrected chi connectivity index (χ2v) is 7.69. The van der Waals surface area contributed by atoms with Crippen LogP contribution in [0.15, 0.2) is 40.9 Å². The van der Waals surface area contributed by atoms with Crippen molar-refractivity contribution in [3.8, 4) is 0 Å². The van der Waals surface area contributed by atoms with Crippen molar-refractivity contribution < 1.29 is 14.4 Å². The first-order chi connectivity index (χ1) is 13.2. The number of aromatic nitrogens is 1. The van der Waals surface area contributed by atoms with Gasteiger partial charge in [-0.05, 0) is 31.2 Å². The van der Waals surface area contributed by atoms with Crippen molar-refractivity contribution in [1.82, 2.24) is 15.0 Å². The van der Waals surface area contributed by atoms with E-state index in [4.69, 9.17) is 4.52 Å². The predicted molar refractivity (Wildman–Crippen MR) is 101 cm³/mol. The average Bonchev–Trinajstić information content (AvgIpc) is 3.18. The third-order valence-electron chi connectivity index (χ3n) is 5.69. The fourth-order valence-corrected chi connectivity index (χ4v) is 4.11. The lowest BCUT2D eigenvalue weighted by molar-refractivity contribution is 0.0693. The highest BCUT2D eigenvalue weighted by Gasteiger charge is 2.27. The maximum atomic E-state index is 12.9. The molecule has 0 aliphatic carbocycles. The Labute approximate surface area is 159 Å². The Morgan fingerprint density at radius 2 is 1.93 bits per heavy atom. The molecule has 2 aliphatic heterocycles. The van der Waals surface area contributed by atoms with E-state index >= 15 is 0 Å². The van der Waals surface area contributed by atoms with E-state index in [0.29, 0.717) is 23.9 Å². The third-order valence-corrected chi connectivity index (χ3v) is 5.69. The van der Waals surface area contributed by atoms with Gasteiger partial charge in [0.25, 0.3) is 5.91 Å². The number of aliphatic hydroxyl groups is 1. The molecule has 2 aromatic rings. The molecule has 1 unspecified atom stereocenters. The van der Waals surface area contributed by atoms with Crippen molar-refractivity contribution in [3.63, 3.8) is 0 Å². The maximum Gasteiger partial charge on any atom is 0.276 e. The second kappa shape index (κ2) is 8.23. The molecule has 3 heterocycles. The highest BCUT2D eigenvalue weighted by atomic mass is 16.5. The smallest absolute Gasteiger partial charge is 0.276 e. The summed E-state index contributed by atoms with van der Waals surface area (Å²) in [7, 11) is 0. The molecule has 2 aliphatic rings. The molecule has 0 saturated carbocycles. The van der Waals surface area contributed by atoms with Crippen LogP contribution in [0, 0.1) is 0 Å². The maximum absolute atomic E-state index is 12.9. The number of aliphatic hydroxyl groups excluding tert-OH is 1. The molecule has 2 fully saturated rings. The Hall–Kier alpha value is -2.18. The van der Waals surface area contributed by atoms with Crippen LogP contribution in [0.4, 0.5) is 0 Å². The van der Waals surface area contributed by atoms with Crippen molar-refractivity contribution in [2.45, 2.75) is 44.2 Å². The molecular formula is C21H27N3O3. The van der Waals surface area contributed by atoms with Gasteiger partial charge >= 0.3 is 0 Å². The third kappa shape index (κ3) is 4.39. The Bertz CT molecular complexity index is 753. The molecular weight excluding hydrogens is 342 g/mol. The predicted octanol–water partition coefficient (Wildman–Crippen LogP) is 2.65. The van der Waals surface area contributed by atoms with Crippen molar-refractivity contribution in [2.75, 3.05) is 26.2 Å². The number of rotatable bonds is 4. The van der Waals surface area contributed by atoms with E-state index in [1.54, 1.807) is 6.07 Å². The van der Waals surface area contributed by atoms with Crippen LogP contribution < -0.4 is 0 Å². The highest BCUT2D eigenvalue weighted by Crippen LogP contribution is 2.27. The van der Waals surface area contributed by atoms with Crippen LogP contribution in [0.2, 0.25) is 0 Å². The van der Waals surface area contributed by atoms with Crippen LogP contribution in [0.1, 0.15) is 53.4 Å². The molecule has 2 saturated heterocycles. The Kier molecular flexibility index (Phi) is 5.55. The van der Waals surface area contributed by atoms with Gasteiger partial charge in [-0.15, -0.1) is 0 Å². The summed E-state index contributed by atoms with van der Waals surface area (Å²) in [5.74, 6) is 1.06. The normalized spacial score (nSPS) is 22.1. The number of carbonyl (C=O) groups excluding carboxylic acids is 1. The lowest BCUT2D eigenvalue weighted by Crippen LogP contribution is -2.39. The monoisotopic (exact) mass is 369 g/mol. The number of piperidine rings is 2. The van der Waals surface area contributed by atoms with Crippen LogP contribution in [-0.2, 0) is 6.54 Å². The van der Waals surface area contributed by atoms with Crippen LogP contribution in [0.5, 0.6) is 0 Å². The molecule has 6 heteroatoms. The quantitative estimate of drug-likeness (QED) is 0.897. The molecule has 1 aromatic carbocycles. The van der Waals surface area contributed by atoms with Crippen molar-refractivity contribution in [1.29, 1.82) is 0 Å². The summed E-state index contributed by atoms with van der Waals surface area (Å²) >= 11 is 0. The van der Waals surface area contributed by atoms with Gasteiger partial charge in [-0.25, -0.2) is 0 Å². The van der Waals surface area contributed by atoms with Gasteiger partial charge in [0.2, 0.25) is 0 Å². The van der Waals surface area contributed by atoms with Gasteiger partial charge in [-0.3, -0.25) is 9.69 Å². The molecule has 1 N–H and O–H groups in total. The number of likely N-dealkylation sites (tertiary alicyclic amines) is 2. The van der Waals surface area contributed by atoms with Gasteiger partial charge in [-0.2, -0.15) is 0 Å². The average molecular weight is 369 g/mol. The minimum absolute atomic E-state index is 0.0419. The number of hydrogen-bond donors (Lipinski definition) is 1. The fraction of sp³-hybridized carbons (Fsp3) is 0.524. The van der Waals surface area contributed by atoms with Gasteiger partial charge in [0.05, 0.1) is 12.6 Å². The molecule has 4 rings (SSSR count). The van der Waals surface area contributed by atoms with Crippen LogP contribution in [0.3, 0.4) is 0 Å². The first kappa shape index (κ1) is 18.2. The zero-order valence-corrected chi connectivity index (χ0v) is 15.6. The van der Waals surface area contributed by atoms with E-state index in [0.717, 1.165) is 51.9 Å². The molecule has 1 atom stereocenters. The highest BCUT2D eigenvalue weighted by molar-refractivity contribution is 5.92. The lowest BCUT2D eigenvalue weighted by atomic mass is 9.90. The van der Waals surface area contributed by atoms with Crippen LogP contribution in [-0.4, -0.2) is 58.3 Å². The fourth-order valence-electron chi connectivity index (χ4n) is 4.11. The molecule has 0 radical (unpaired) electrons. The number of benzene rings is 1. The minimum Gasteiger partial charge on any atom is -0.393 e. The number of hydrogen-bond acceptors (Lipinski definition) is 5. The van der Waals surface area contributed by atoms with Crippen molar-refractivity contribution in [3.05, 3.63) is 53.4 Å². The minimum atomic E-state index is -0.190. The summed E-state index contributed by atoms with van der Waals surface area (Å²) < 4.78 is 5.42. The SMILES string of the molecule is O=C(c1cc(CN2CCC(O)CC2)on1)N1CCCC(c2ccccc2)C1. The van der Waals surface area contributed by atoms with E-state index in [1.165, 1.54) is 5.56 Å². The molecule has 6 nitrogen and oxygen atoms in total. The Morgan fingerprint density at radius 1 is 1.15 bits per heavy atom. The van der Waals surface area contributed by atoms with Gasteiger partial charge in [0.1, 0.15) is 0 Å². The van der Waals surface area contributed by atoms with E-state index < -0.39 is 0 Å². The molecule has 0 spiro atoms. The Balaban J connectivity index is 1.37. The summed E-state index contributed by atoms with van der Waals surface area (Å²) in [5.41, 5.74) is 1.69. The zero-order chi connectivity index (χ0) is 18.6. The van der Waals surface area contributed by atoms with Gasteiger partial charge in [-0.1, -0.05) is 35.5 Å². The molecule has 1 amide bonds. The largest absolute Gasteiger partial charge is 0.393 e. The van der Waals surface area contributed by atoms with E-state index in [9.17, 15) is 9.90 Å². The zero-order valence-electron chi connectivity index (χ0n) is 15.6. The van der Waals surface area contributed by atoms with Gasteiger partial charge in [0.15, 0.2) is 11.5 Å².